The molecule has 1 saturated heterocycles. The second-order valence-electron chi connectivity index (χ2n) is 7.88. The van der Waals surface area contributed by atoms with Gasteiger partial charge in [0.05, 0.1) is 0 Å². The molecule has 0 N–H and O–H groups in total. The Morgan fingerprint density at radius 2 is 1.60 bits per heavy atom. The minimum atomic E-state index is -0.250. The van der Waals surface area contributed by atoms with Crippen LogP contribution in [0.4, 0.5) is 0 Å². The van der Waals surface area contributed by atoms with Gasteiger partial charge >= 0.3 is 5.97 Å². The van der Waals surface area contributed by atoms with Crippen molar-refractivity contribution in [3.05, 3.63) is 71.8 Å². The number of esters is 1. The fourth-order valence-electron chi connectivity index (χ4n) is 4.19. The van der Waals surface area contributed by atoms with Crippen LogP contribution in [0.15, 0.2) is 60.7 Å². The number of likely N-dealkylation sites (tertiary alicyclic amines) is 1. The van der Waals surface area contributed by atoms with Crippen LogP contribution >= 0.6 is 12.4 Å². The number of carbonyl (C=O) groups is 2. The van der Waals surface area contributed by atoms with E-state index in [1.54, 1.807) is 0 Å². The standard InChI is InChI=1S/C25H31NO3.ClH/c1-3-25(28)29-24(20-13-8-5-9-14-20)18-22-16-10-15-21(26(22)2)17-23(27)19-11-6-4-7-12-19;/h4-9,11-14,21-22,24H,3,10,15-18H2,1-2H3;1H/t21-,22+,24+;/m1./s1. The predicted octanol–water partition coefficient (Wildman–Crippen LogP) is 5.62. The summed E-state index contributed by atoms with van der Waals surface area (Å²) in [5, 5.41) is 0. The van der Waals surface area contributed by atoms with Gasteiger partial charge in [0, 0.05) is 36.9 Å². The fraction of sp³-hybridized carbons (Fsp3) is 0.440. The molecule has 0 spiro atoms. The number of hydrogen-bond donors (Lipinski definition) is 0. The average Bonchev–Trinajstić information content (AvgIpc) is 2.77. The second-order valence-corrected chi connectivity index (χ2v) is 7.88. The molecule has 0 aliphatic carbocycles. The van der Waals surface area contributed by atoms with Gasteiger partial charge in [0.2, 0.25) is 0 Å². The van der Waals surface area contributed by atoms with Crippen molar-refractivity contribution in [3.8, 4) is 0 Å². The molecule has 3 atom stereocenters. The number of benzene rings is 2. The molecule has 0 bridgehead atoms. The molecule has 0 radical (unpaired) electrons. The molecule has 2 aromatic carbocycles. The van der Waals surface area contributed by atoms with E-state index >= 15 is 0 Å². The predicted molar refractivity (Wildman–Crippen MR) is 122 cm³/mol. The molecule has 3 rings (SSSR count). The van der Waals surface area contributed by atoms with Gasteiger partial charge in [-0.05, 0) is 25.5 Å². The van der Waals surface area contributed by atoms with Crippen molar-refractivity contribution in [1.82, 2.24) is 4.90 Å². The highest BCUT2D eigenvalue weighted by Gasteiger charge is 2.32. The maximum atomic E-state index is 12.7. The largest absolute Gasteiger partial charge is 0.457 e. The molecule has 5 heteroatoms. The van der Waals surface area contributed by atoms with E-state index in [0.29, 0.717) is 12.8 Å². The van der Waals surface area contributed by atoms with Gasteiger partial charge in [-0.1, -0.05) is 74.0 Å². The lowest BCUT2D eigenvalue weighted by Crippen LogP contribution is -2.45. The van der Waals surface area contributed by atoms with Crippen LogP contribution in [0, 0.1) is 0 Å². The van der Waals surface area contributed by atoms with Crippen LogP contribution in [0.5, 0.6) is 0 Å². The minimum absolute atomic E-state index is 0. The van der Waals surface area contributed by atoms with Crippen LogP contribution in [0.25, 0.3) is 0 Å². The van der Waals surface area contributed by atoms with Gasteiger partial charge in [-0.15, -0.1) is 12.4 Å². The summed E-state index contributed by atoms with van der Waals surface area (Å²) in [6.45, 7) is 1.82. The van der Waals surface area contributed by atoms with E-state index in [1.807, 2.05) is 67.6 Å². The summed E-state index contributed by atoms with van der Waals surface area (Å²) in [4.78, 5) is 27.0. The van der Waals surface area contributed by atoms with Crippen molar-refractivity contribution < 1.29 is 14.3 Å². The number of halogens is 1. The molecule has 0 unspecified atom stereocenters. The van der Waals surface area contributed by atoms with Crippen LogP contribution in [0.1, 0.15) is 67.5 Å². The Morgan fingerprint density at radius 1 is 1.00 bits per heavy atom. The maximum Gasteiger partial charge on any atom is 0.306 e. The van der Waals surface area contributed by atoms with Crippen LogP contribution in [-0.2, 0) is 9.53 Å². The number of rotatable bonds is 8. The summed E-state index contributed by atoms with van der Waals surface area (Å²) in [6, 6.07) is 20.0. The Balaban J connectivity index is 0.00000320. The number of ether oxygens (including phenoxy) is 1. The summed E-state index contributed by atoms with van der Waals surface area (Å²) in [5.74, 6) is 0.0215. The van der Waals surface area contributed by atoms with Crippen molar-refractivity contribution in [2.24, 2.45) is 0 Å². The Bertz CT molecular complexity index is 797. The molecule has 30 heavy (non-hydrogen) atoms. The van der Waals surface area contributed by atoms with Crippen LogP contribution < -0.4 is 0 Å². The molecule has 162 valence electrons. The van der Waals surface area contributed by atoms with Crippen molar-refractivity contribution in [2.75, 3.05) is 7.05 Å². The molecule has 0 aromatic heterocycles. The molecule has 0 amide bonds. The fourth-order valence-corrected chi connectivity index (χ4v) is 4.19. The summed E-state index contributed by atoms with van der Waals surface area (Å²) < 4.78 is 5.79. The van der Waals surface area contributed by atoms with Gasteiger partial charge in [0.15, 0.2) is 5.78 Å². The third kappa shape index (κ3) is 6.41. The first-order valence-electron chi connectivity index (χ1n) is 10.6. The number of Topliss-reactive ketones (excluding diaryl/α,β-unsaturated/α-hetero) is 1. The molecule has 1 aliphatic heterocycles. The van der Waals surface area contributed by atoms with Crippen LogP contribution in [0.2, 0.25) is 0 Å². The maximum absolute atomic E-state index is 12.7. The zero-order chi connectivity index (χ0) is 20.6. The topological polar surface area (TPSA) is 46.6 Å². The van der Waals surface area contributed by atoms with Gasteiger partial charge < -0.3 is 4.74 Å². The Morgan fingerprint density at radius 3 is 2.23 bits per heavy atom. The molecule has 2 aromatic rings. The lowest BCUT2D eigenvalue weighted by Gasteiger charge is -2.40. The van der Waals surface area contributed by atoms with Crippen LogP contribution in [-0.4, -0.2) is 35.8 Å². The Labute approximate surface area is 186 Å². The molecule has 1 aliphatic rings. The summed E-state index contributed by atoms with van der Waals surface area (Å²) in [6.07, 6.45) is 4.57. The first-order valence-corrected chi connectivity index (χ1v) is 10.6. The van der Waals surface area contributed by atoms with Crippen molar-refractivity contribution in [2.45, 2.75) is 63.6 Å². The zero-order valence-corrected chi connectivity index (χ0v) is 18.6. The van der Waals surface area contributed by atoms with Gasteiger partial charge in [0.25, 0.3) is 0 Å². The molecule has 4 nitrogen and oxygen atoms in total. The quantitative estimate of drug-likeness (QED) is 0.403. The normalized spacial score (nSPS) is 20.1. The summed E-state index contributed by atoms with van der Waals surface area (Å²) >= 11 is 0. The molecule has 1 heterocycles. The van der Waals surface area contributed by atoms with E-state index in [4.69, 9.17) is 4.74 Å². The van der Waals surface area contributed by atoms with Gasteiger partial charge in [-0.2, -0.15) is 0 Å². The number of ketones is 1. The molecular weight excluding hydrogens is 398 g/mol. The number of hydrogen-bond acceptors (Lipinski definition) is 4. The number of nitrogens with zero attached hydrogens (tertiary/aromatic N) is 1. The zero-order valence-electron chi connectivity index (χ0n) is 17.8. The number of carbonyl (C=O) groups excluding carboxylic acids is 2. The third-order valence-electron chi connectivity index (χ3n) is 5.96. The van der Waals surface area contributed by atoms with E-state index in [1.165, 1.54) is 0 Å². The smallest absolute Gasteiger partial charge is 0.306 e. The van der Waals surface area contributed by atoms with Crippen LogP contribution in [0.3, 0.4) is 0 Å². The van der Waals surface area contributed by atoms with Gasteiger partial charge in [-0.3, -0.25) is 14.5 Å². The molecule has 1 fully saturated rings. The minimum Gasteiger partial charge on any atom is -0.457 e. The first-order chi connectivity index (χ1) is 14.1. The lowest BCUT2D eigenvalue weighted by molar-refractivity contribution is -0.150. The van der Waals surface area contributed by atoms with E-state index in [9.17, 15) is 9.59 Å². The van der Waals surface area contributed by atoms with E-state index in [0.717, 1.165) is 36.8 Å². The molecular formula is C25H32ClNO3. The van der Waals surface area contributed by atoms with Crippen molar-refractivity contribution in [1.29, 1.82) is 0 Å². The lowest BCUT2D eigenvalue weighted by atomic mass is 9.88. The van der Waals surface area contributed by atoms with Crippen molar-refractivity contribution in [3.63, 3.8) is 0 Å². The highest BCUT2D eigenvalue weighted by atomic mass is 35.5. The summed E-state index contributed by atoms with van der Waals surface area (Å²) in [7, 11) is 2.11. The second kappa shape index (κ2) is 11.9. The van der Waals surface area contributed by atoms with E-state index in [-0.39, 0.29) is 42.3 Å². The third-order valence-corrected chi connectivity index (χ3v) is 5.96. The SMILES string of the molecule is CCC(=O)O[C@@H](C[C@@H]1CCC[C@H](CC(=O)c2ccccc2)N1C)c1ccccc1.Cl. The van der Waals surface area contributed by atoms with Gasteiger partial charge in [-0.25, -0.2) is 0 Å². The summed E-state index contributed by atoms with van der Waals surface area (Å²) in [5.41, 5.74) is 1.81. The number of piperidine rings is 1. The average molecular weight is 430 g/mol. The van der Waals surface area contributed by atoms with E-state index < -0.39 is 0 Å². The highest BCUT2D eigenvalue weighted by molar-refractivity contribution is 5.96. The Kier molecular flexibility index (Phi) is 9.54. The molecule has 0 saturated carbocycles. The van der Waals surface area contributed by atoms with E-state index in [2.05, 4.69) is 11.9 Å². The first kappa shape index (κ1) is 24.1. The van der Waals surface area contributed by atoms with Crippen molar-refractivity contribution >= 4 is 24.2 Å². The van der Waals surface area contributed by atoms with Gasteiger partial charge in [0.1, 0.15) is 6.10 Å². The monoisotopic (exact) mass is 429 g/mol. The highest BCUT2D eigenvalue weighted by Crippen LogP contribution is 2.32. The Hall–Kier alpha value is -2.17.